The third-order valence-corrected chi connectivity index (χ3v) is 5.36. The molecule has 5 nitrogen and oxygen atoms in total. The van der Waals surface area contributed by atoms with Crippen LogP contribution in [0, 0.1) is 6.92 Å². The number of aryl methyl sites for hydroxylation is 2. The Morgan fingerprint density at radius 2 is 1.89 bits per heavy atom. The van der Waals surface area contributed by atoms with Gasteiger partial charge < -0.3 is 4.90 Å². The first-order valence-corrected chi connectivity index (χ1v) is 9.33. The van der Waals surface area contributed by atoms with E-state index in [1.807, 2.05) is 19.1 Å². The van der Waals surface area contributed by atoms with E-state index >= 15 is 0 Å². The molecule has 0 spiro atoms. The Kier molecular flexibility index (Phi) is 5.62. The van der Waals surface area contributed by atoms with Crippen molar-refractivity contribution in [2.75, 3.05) is 26.2 Å². The lowest BCUT2D eigenvalue weighted by atomic mass is 10.1. The topological polar surface area (TPSA) is 41.4 Å². The zero-order valence-electron chi connectivity index (χ0n) is 15.1. The number of alkyl halides is 3. The van der Waals surface area contributed by atoms with Gasteiger partial charge >= 0.3 is 6.18 Å². The highest BCUT2D eigenvalue weighted by Crippen LogP contribution is 2.36. The molecule has 1 saturated heterocycles. The number of carbonyl (C=O) groups is 1. The fourth-order valence-electron chi connectivity index (χ4n) is 3.27. The van der Waals surface area contributed by atoms with E-state index in [0.717, 1.165) is 6.54 Å². The summed E-state index contributed by atoms with van der Waals surface area (Å²) in [6, 6.07) is 8.25. The molecule has 2 aromatic rings. The predicted molar refractivity (Wildman–Crippen MR) is 98.3 cm³/mol. The highest BCUT2D eigenvalue weighted by Gasteiger charge is 2.40. The number of hydrogen-bond acceptors (Lipinski definition) is 3. The Labute approximate surface area is 163 Å². The van der Waals surface area contributed by atoms with Crippen molar-refractivity contribution in [3.8, 4) is 0 Å². The number of hydrogen-bond donors (Lipinski definition) is 0. The molecule has 0 radical (unpaired) electrons. The summed E-state index contributed by atoms with van der Waals surface area (Å²) in [6.45, 7) is 5.06. The molecule has 9 heteroatoms. The van der Waals surface area contributed by atoms with Crippen molar-refractivity contribution in [2.24, 2.45) is 7.05 Å². The number of rotatable bonds is 3. The smallest absolute Gasteiger partial charge is 0.335 e. The minimum Gasteiger partial charge on any atom is -0.335 e. The second-order valence-corrected chi connectivity index (χ2v) is 7.48. The monoisotopic (exact) mass is 444 g/mol. The van der Waals surface area contributed by atoms with Crippen LogP contribution in [0.25, 0.3) is 0 Å². The van der Waals surface area contributed by atoms with Gasteiger partial charge in [-0.15, -0.1) is 0 Å². The quantitative estimate of drug-likeness (QED) is 0.727. The van der Waals surface area contributed by atoms with Crippen LogP contribution in [0.4, 0.5) is 13.2 Å². The van der Waals surface area contributed by atoms with Gasteiger partial charge in [0.2, 0.25) is 0 Å². The summed E-state index contributed by atoms with van der Waals surface area (Å²) >= 11 is 2.91. The minimum absolute atomic E-state index is 0.197. The lowest BCUT2D eigenvalue weighted by Gasteiger charge is -2.34. The molecule has 0 N–H and O–H groups in total. The predicted octanol–water partition coefficient (Wildman–Crippen LogP) is 3.47. The van der Waals surface area contributed by atoms with E-state index in [1.165, 1.54) is 18.2 Å². The molecule has 0 saturated carbocycles. The summed E-state index contributed by atoms with van der Waals surface area (Å²) in [4.78, 5) is 16.4. The van der Waals surface area contributed by atoms with Crippen LogP contribution in [0.5, 0.6) is 0 Å². The maximum atomic E-state index is 13.1. The van der Waals surface area contributed by atoms with E-state index in [2.05, 4.69) is 38.1 Å². The fraction of sp³-hybridized carbons (Fsp3) is 0.444. The number of nitrogens with zero attached hydrogens (tertiary/aromatic N) is 4. The maximum Gasteiger partial charge on any atom is 0.434 e. The first kappa shape index (κ1) is 19.9. The molecule has 0 unspecified atom stereocenters. The van der Waals surface area contributed by atoms with Gasteiger partial charge in [-0.05, 0) is 28.4 Å². The average Bonchev–Trinajstić information content (AvgIpc) is 2.89. The normalized spacial score (nSPS) is 16.0. The maximum absolute atomic E-state index is 13.1. The van der Waals surface area contributed by atoms with Gasteiger partial charge in [0.1, 0.15) is 0 Å². The molecule has 27 heavy (non-hydrogen) atoms. The third kappa shape index (κ3) is 4.35. The SMILES string of the molecule is Cc1cccc(CN2CCN(C(=O)c3nn(C)c(C(F)(F)F)c3Br)CC2)c1. The lowest BCUT2D eigenvalue weighted by molar-refractivity contribution is -0.144. The van der Waals surface area contributed by atoms with Crippen molar-refractivity contribution in [1.29, 1.82) is 0 Å². The number of amides is 1. The summed E-state index contributed by atoms with van der Waals surface area (Å²) in [5, 5.41) is 3.79. The largest absolute Gasteiger partial charge is 0.434 e. The van der Waals surface area contributed by atoms with Crippen molar-refractivity contribution >= 4 is 21.8 Å². The molecule has 0 atom stereocenters. The summed E-state index contributed by atoms with van der Waals surface area (Å²) in [5.41, 5.74) is 1.25. The van der Waals surface area contributed by atoms with Gasteiger partial charge in [-0.3, -0.25) is 14.4 Å². The number of carbonyl (C=O) groups excluding carboxylic acids is 1. The number of benzene rings is 1. The number of piperazine rings is 1. The van der Waals surface area contributed by atoms with Crippen LogP contribution in [0.1, 0.15) is 27.3 Å². The number of halogens is 4. The van der Waals surface area contributed by atoms with E-state index < -0.39 is 17.8 Å². The standard InChI is InChI=1S/C18H20BrF3N4O/c1-12-4-3-5-13(10-12)11-25-6-8-26(9-7-25)17(27)15-14(19)16(18(20,21)22)24(2)23-15/h3-5,10H,6-9,11H2,1-2H3. The van der Waals surface area contributed by atoms with Crippen molar-refractivity contribution in [2.45, 2.75) is 19.6 Å². The van der Waals surface area contributed by atoms with Crippen molar-refractivity contribution in [3.05, 3.63) is 51.3 Å². The molecule has 2 heterocycles. The average molecular weight is 445 g/mol. The first-order chi connectivity index (χ1) is 12.7. The number of aromatic nitrogens is 2. The van der Waals surface area contributed by atoms with Crippen LogP contribution in [0.2, 0.25) is 0 Å². The summed E-state index contributed by atoms with van der Waals surface area (Å²) in [7, 11) is 1.18. The highest BCUT2D eigenvalue weighted by molar-refractivity contribution is 9.10. The molecule has 1 aliphatic rings. The van der Waals surface area contributed by atoms with Gasteiger partial charge in [0.25, 0.3) is 5.91 Å². The molecule has 1 amide bonds. The fourth-order valence-corrected chi connectivity index (χ4v) is 4.00. The third-order valence-electron chi connectivity index (χ3n) is 4.61. The van der Waals surface area contributed by atoms with Crippen molar-refractivity contribution in [3.63, 3.8) is 0 Å². The molecule has 1 aromatic carbocycles. The van der Waals surface area contributed by atoms with Crippen LogP contribution in [-0.4, -0.2) is 51.7 Å². The zero-order chi connectivity index (χ0) is 19.8. The van der Waals surface area contributed by atoms with Crippen LogP contribution < -0.4 is 0 Å². The molecule has 3 rings (SSSR count). The minimum atomic E-state index is -4.58. The van der Waals surface area contributed by atoms with Gasteiger partial charge in [-0.25, -0.2) is 0 Å². The molecule has 1 aliphatic heterocycles. The van der Waals surface area contributed by atoms with Crippen LogP contribution in [0.15, 0.2) is 28.7 Å². The van der Waals surface area contributed by atoms with E-state index in [4.69, 9.17) is 0 Å². The second kappa shape index (κ2) is 7.63. The van der Waals surface area contributed by atoms with Gasteiger partial charge in [0, 0.05) is 39.8 Å². The van der Waals surface area contributed by atoms with Crippen molar-refractivity contribution in [1.82, 2.24) is 19.6 Å². The van der Waals surface area contributed by atoms with E-state index in [-0.39, 0.29) is 10.2 Å². The van der Waals surface area contributed by atoms with E-state index in [1.54, 1.807) is 4.90 Å². The van der Waals surface area contributed by atoms with Crippen LogP contribution in [0.3, 0.4) is 0 Å². The Hall–Kier alpha value is -1.87. The first-order valence-electron chi connectivity index (χ1n) is 8.53. The molecule has 1 fully saturated rings. The van der Waals surface area contributed by atoms with Crippen molar-refractivity contribution < 1.29 is 18.0 Å². The van der Waals surface area contributed by atoms with Crippen LogP contribution in [-0.2, 0) is 19.8 Å². The zero-order valence-corrected chi connectivity index (χ0v) is 16.6. The van der Waals surface area contributed by atoms with E-state index in [0.29, 0.717) is 30.9 Å². The molecular formula is C18H20BrF3N4O. The summed E-state index contributed by atoms with van der Waals surface area (Å²) in [5.74, 6) is -0.483. The molecule has 0 bridgehead atoms. The summed E-state index contributed by atoms with van der Waals surface area (Å²) < 4.78 is 39.7. The second-order valence-electron chi connectivity index (χ2n) is 6.69. The molecule has 1 aromatic heterocycles. The highest BCUT2D eigenvalue weighted by atomic mass is 79.9. The lowest BCUT2D eigenvalue weighted by Crippen LogP contribution is -2.48. The van der Waals surface area contributed by atoms with Crippen LogP contribution >= 0.6 is 15.9 Å². The van der Waals surface area contributed by atoms with Gasteiger partial charge in [0.15, 0.2) is 11.4 Å². The van der Waals surface area contributed by atoms with Gasteiger partial charge in [-0.1, -0.05) is 29.8 Å². The Morgan fingerprint density at radius 3 is 2.44 bits per heavy atom. The van der Waals surface area contributed by atoms with Gasteiger partial charge in [0.05, 0.1) is 4.47 Å². The summed E-state index contributed by atoms with van der Waals surface area (Å²) in [6.07, 6.45) is -4.58. The Bertz CT molecular complexity index is 842. The Balaban J connectivity index is 1.65. The molecular weight excluding hydrogens is 425 g/mol. The molecule has 146 valence electrons. The van der Waals surface area contributed by atoms with Gasteiger partial charge in [-0.2, -0.15) is 18.3 Å². The van der Waals surface area contributed by atoms with E-state index in [9.17, 15) is 18.0 Å². The molecule has 0 aliphatic carbocycles. The Morgan fingerprint density at radius 1 is 1.22 bits per heavy atom.